The summed E-state index contributed by atoms with van der Waals surface area (Å²) in [6, 6.07) is 21.3. The molecule has 2 aliphatic heterocycles. The third-order valence-corrected chi connectivity index (χ3v) is 6.39. The SMILES string of the molecule is CN1C(=O)C(C2=COc3ccccc3O2)=C(c2cn(C(=O)[O-])c3ccc(OCc4ccccc4)cc23)C1=O. The van der Waals surface area contributed by atoms with E-state index in [1.807, 2.05) is 30.3 Å². The summed E-state index contributed by atoms with van der Waals surface area (Å²) in [7, 11) is 1.35. The fourth-order valence-electron chi connectivity index (χ4n) is 4.51. The van der Waals surface area contributed by atoms with E-state index in [1.54, 1.807) is 42.5 Å². The van der Waals surface area contributed by atoms with Gasteiger partial charge in [-0.2, -0.15) is 0 Å². The van der Waals surface area contributed by atoms with Crippen molar-refractivity contribution in [2.45, 2.75) is 6.61 Å². The number of para-hydroxylation sites is 2. The van der Waals surface area contributed by atoms with Gasteiger partial charge in [-0.05, 0) is 35.9 Å². The van der Waals surface area contributed by atoms with Gasteiger partial charge in [0.25, 0.3) is 11.8 Å². The minimum absolute atomic E-state index is 0.0167. The highest BCUT2D eigenvalue weighted by Crippen LogP contribution is 2.41. The quantitative estimate of drug-likeness (QED) is 0.381. The Morgan fingerprint density at radius 2 is 1.63 bits per heavy atom. The van der Waals surface area contributed by atoms with Crippen molar-refractivity contribution in [3.8, 4) is 17.2 Å². The number of benzene rings is 3. The van der Waals surface area contributed by atoms with Crippen molar-refractivity contribution < 1.29 is 33.7 Å². The van der Waals surface area contributed by atoms with Crippen LogP contribution >= 0.6 is 0 Å². The number of fused-ring (bicyclic) bond motifs is 2. The van der Waals surface area contributed by atoms with Crippen molar-refractivity contribution in [1.29, 1.82) is 0 Å². The highest BCUT2D eigenvalue weighted by molar-refractivity contribution is 6.38. The van der Waals surface area contributed by atoms with Crippen LogP contribution in [0, 0.1) is 0 Å². The third-order valence-electron chi connectivity index (χ3n) is 6.39. The van der Waals surface area contributed by atoms with E-state index in [0.29, 0.717) is 22.6 Å². The summed E-state index contributed by atoms with van der Waals surface area (Å²) in [6.07, 6.45) is 1.03. The summed E-state index contributed by atoms with van der Waals surface area (Å²) in [5, 5.41) is 12.3. The maximum absolute atomic E-state index is 13.4. The molecule has 0 N–H and O–H groups in total. The van der Waals surface area contributed by atoms with Gasteiger partial charge in [-0.25, -0.2) is 0 Å². The van der Waals surface area contributed by atoms with Crippen LogP contribution in [0.3, 0.4) is 0 Å². The van der Waals surface area contributed by atoms with Crippen LogP contribution in [-0.2, 0) is 16.2 Å². The molecule has 0 radical (unpaired) electrons. The standard InChI is InChI=1S/C29H20N2O7/c1-30-27(32)25(26(28(30)33)24-16-37-22-9-5-6-10-23(22)38-24)20-14-31(29(34)35)21-12-11-18(13-19(20)21)36-15-17-7-3-2-4-8-17/h2-14,16H,15H2,1H3,(H,34,35)/p-1. The molecule has 0 aliphatic carbocycles. The number of aromatic nitrogens is 1. The first-order valence-corrected chi connectivity index (χ1v) is 11.7. The van der Waals surface area contributed by atoms with Crippen molar-refractivity contribution in [1.82, 2.24) is 9.47 Å². The first kappa shape index (κ1) is 23.1. The molecule has 2 aliphatic rings. The molecule has 9 heteroatoms. The van der Waals surface area contributed by atoms with Gasteiger partial charge in [0.1, 0.15) is 24.7 Å². The molecule has 0 bridgehead atoms. The lowest BCUT2D eigenvalue weighted by atomic mass is 9.99. The molecule has 6 rings (SSSR count). The average Bonchev–Trinajstić information content (AvgIpc) is 3.42. The van der Waals surface area contributed by atoms with Gasteiger partial charge in [0.05, 0.1) is 16.7 Å². The zero-order chi connectivity index (χ0) is 26.4. The lowest BCUT2D eigenvalue weighted by molar-refractivity contribution is -0.249. The Morgan fingerprint density at radius 3 is 2.39 bits per heavy atom. The number of carbonyl (C=O) groups is 3. The maximum atomic E-state index is 13.4. The van der Waals surface area contributed by atoms with Gasteiger partial charge >= 0.3 is 0 Å². The molecule has 1 aromatic heterocycles. The van der Waals surface area contributed by atoms with E-state index in [2.05, 4.69) is 0 Å². The van der Waals surface area contributed by atoms with Gasteiger partial charge in [-0.3, -0.25) is 14.5 Å². The highest BCUT2D eigenvalue weighted by atomic mass is 16.6. The summed E-state index contributed by atoms with van der Waals surface area (Å²) in [4.78, 5) is 39.5. The number of rotatable bonds is 5. The molecule has 4 aromatic rings. The van der Waals surface area contributed by atoms with Crippen molar-refractivity contribution in [2.24, 2.45) is 0 Å². The molecule has 3 aromatic carbocycles. The summed E-state index contributed by atoms with van der Waals surface area (Å²) in [6.45, 7) is 0.286. The van der Waals surface area contributed by atoms with E-state index in [1.165, 1.54) is 19.5 Å². The predicted octanol–water partition coefficient (Wildman–Crippen LogP) is 3.48. The molecular weight excluding hydrogens is 488 g/mol. The van der Waals surface area contributed by atoms with Crippen molar-refractivity contribution in [3.05, 3.63) is 108 Å². The Hall–Kier alpha value is -5.31. The van der Waals surface area contributed by atoms with Gasteiger partial charge in [0.15, 0.2) is 17.3 Å². The minimum Gasteiger partial charge on any atom is -0.529 e. The number of carboxylic acid groups (broad SMARTS) is 1. The van der Waals surface area contributed by atoms with Crippen molar-refractivity contribution in [2.75, 3.05) is 7.05 Å². The molecule has 2 amide bonds. The van der Waals surface area contributed by atoms with Crippen LogP contribution in [0.1, 0.15) is 11.1 Å². The summed E-state index contributed by atoms with van der Waals surface area (Å²) >= 11 is 0. The number of hydrogen-bond acceptors (Lipinski definition) is 7. The van der Waals surface area contributed by atoms with Crippen LogP contribution in [0.15, 0.2) is 96.6 Å². The number of nitrogens with zero attached hydrogens (tertiary/aromatic N) is 2. The van der Waals surface area contributed by atoms with E-state index in [-0.39, 0.29) is 34.6 Å². The average molecular weight is 507 g/mol. The molecule has 0 atom stereocenters. The van der Waals surface area contributed by atoms with E-state index in [0.717, 1.165) is 15.0 Å². The van der Waals surface area contributed by atoms with Crippen LogP contribution in [0.5, 0.6) is 17.2 Å². The van der Waals surface area contributed by atoms with E-state index in [4.69, 9.17) is 14.2 Å². The number of amides is 2. The highest BCUT2D eigenvalue weighted by Gasteiger charge is 2.41. The van der Waals surface area contributed by atoms with Gasteiger partial charge in [-0.15, -0.1) is 0 Å². The molecule has 0 saturated carbocycles. The van der Waals surface area contributed by atoms with Crippen LogP contribution in [0.25, 0.3) is 16.5 Å². The topological polar surface area (TPSA) is 110 Å². The second-order valence-electron chi connectivity index (χ2n) is 8.70. The van der Waals surface area contributed by atoms with Crippen LogP contribution in [-0.4, -0.2) is 34.4 Å². The maximum Gasteiger partial charge on any atom is 0.265 e. The normalized spacial score (nSPS) is 14.8. The lowest BCUT2D eigenvalue weighted by Crippen LogP contribution is -2.28. The molecule has 0 unspecified atom stereocenters. The fourth-order valence-corrected chi connectivity index (χ4v) is 4.51. The second-order valence-corrected chi connectivity index (χ2v) is 8.70. The van der Waals surface area contributed by atoms with Crippen LogP contribution in [0.2, 0.25) is 0 Å². The Labute approximate surface area is 216 Å². The Morgan fingerprint density at radius 1 is 0.921 bits per heavy atom. The van der Waals surface area contributed by atoms with Crippen LogP contribution in [0.4, 0.5) is 4.79 Å². The first-order chi connectivity index (χ1) is 18.4. The molecule has 188 valence electrons. The molecule has 0 spiro atoms. The first-order valence-electron chi connectivity index (χ1n) is 11.7. The number of imide groups is 1. The fraction of sp³-hybridized carbons (Fsp3) is 0.0690. The van der Waals surface area contributed by atoms with E-state index in [9.17, 15) is 19.5 Å². The number of likely N-dealkylation sites (N-methyl/N-ethyl adjacent to an activating group) is 1. The van der Waals surface area contributed by atoms with Gasteiger partial charge in [0, 0.05) is 24.2 Å². The van der Waals surface area contributed by atoms with Crippen molar-refractivity contribution >= 4 is 34.4 Å². The molecule has 9 nitrogen and oxygen atoms in total. The molecular formula is C29H19N2O7-. The lowest BCUT2D eigenvalue weighted by Gasteiger charge is -2.18. The monoisotopic (exact) mass is 507 g/mol. The molecule has 0 fully saturated rings. The zero-order valence-corrected chi connectivity index (χ0v) is 20.0. The van der Waals surface area contributed by atoms with Gasteiger partial charge in [0.2, 0.25) is 0 Å². The van der Waals surface area contributed by atoms with E-state index >= 15 is 0 Å². The predicted molar refractivity (Wildman–Crippen MR) is 134 cm³/mol. The second kappa shape index (κ2) is 8.97. The smallest absolute Gasteiger partial charge is 0.265 e. The number of ether oxygens (including phenoxy) is 3. The largest absolute Gasteiger partial charge is 0.529 e. The Bertz CT molecular complexity index is 1700. The van der Waals surface area contributed by atoms with E-state index < -0.39 is 17.9 Å². The molecule has 3 heterocycles. The van der Waals surface area contributed by atoms with Crippen LogP contribution < -0.4 is 19.3 Å². The number of carbonyl (C=O) groups excluding carboxylic acids is 3. The van der Waals surface area contributed by atoms with Gasteiger partial charge in [-0.1, -0.05) is 42.5 Å². The van der Waals surface area contributed by atoms with Crippen molar-refractivity contribution in [3.63, 3.8) is 0 Å². The summed E-state index contributed by atoms with van der Waals surface area (Å²) in [5.41, 5.74) is 1.38. The Kier molecular flexibility index (Phi) is 5.45. The third kappa shape index (κ3) is 3.77. The molecule has 38 heavy (non-hydrogen) atoms. The minimum atomic E-state index is -1.49. The Balaban J connectivity index is 1.49. The van der Waals surface area contributed by atoms with Gasteiger partial charge < -0.3 is 28.7 Å². The zero-order valence-electron chi connectivity index (χ0n) is 20.0. The number of hydrogen-bond donors (Lipinski definition) is 0. The summed E-state index contributed by atoms with van der Waals surface area (Å²) in [5.74, 6) is 0.104. The summed E-state index contributed by atoms with van der Waals surface area (Å²) < 4.78 is 18.4. The molecule has 0 saturated heterocycles.